The van der Waals surface area contributed by atoms with Gasteiger partial charge in [-0.25, -0.2) is 4.98 Å². The van der Waals surface area contributed by atoms with Crippen molar-refractivity contribution in [1.82, 2.24) is 4.98 Å². The van der Waals surface area contributed by atoms with Crippen LogP contribution in [0.25, 0.3) is 10.2 Å². The van der Waals surface area contributed by atoms with E-state index in [0.717, 1.165) is 20.1 Å². The maximum atomic E-state index is 12.5. The molecular formula is C23H18ClN3O2S2. The van der Waals surface area contributed by atoms with Gasteiger partial charge in [0, 0.05) is 22.0 Å². The number of hydrogen-bond acceptors (Lipinski definition) is 5. The fourth-order valence-electron chi connectivity index (χ4n) is 2.89. The molecule has 5 nitrogen and oxygen atoms in total. The number of fused-ring (bicyclic) bond motifs is 1. The van der Waals surface area contributed by atoms with E-state index in [1.165, 1.54) is 23.1 Å². The summed E-state index contributed by atoms with van der Waals surface area (Å²) >= 11 is 8.72. The second-order valence-corrected chi connectivity index (χ2v) is 9.52. The minimum atomic E-state index is -0.152. The van der Waals surface area contributed by atoms with Gasteiger partial charge < -0.3 is 10.6 Å². The summed E-state index contributed by atoms with van der Waals surface area (Å²) in [5.74, 6) is -0.0157. The summed E-state index contributed by atoms with van der Waals surface area (Å²) in [5, 5.41) is 6.38. The maximum Gasteiger partial charge on any atom is 0.255 e. The van der Waals surface area contributed by atoms with Crippen molar-refractivity contribution >= 4 is 68.1 Å². The van der Waals surface area contributed by atoms with Crippen LogP contribution < -0.4 is 10.6 Å². The summed E-state index contributed by atoms with van der Waals surface area (Å²) in [6, 6.07) is 20.0. The van der Waals surface area contributed by atoms with Crippen molar-refractivity contribution in [1.29, 1.82) is 0 Å². The van der Waals surface area contributed by atoms with Crippen molar-refractivity contribution in [3.63, 3.8) is 0 Å². The number of rotatable bonds is 6. The summed E-state index contributed by atoms with van der Waals surface area (Å²) in [6.45, 7) is 1.95. The number of nitrogens with zero attached hydrogens (tertiary/aromatic N) is 1. The molecule has 0 radical (unpaired) electrons. The molecule has 8 heteroatoms. The number of hydrogen-bond donors (Lipinski definition) is 2. The fraction of sp³-hybridized carbons (Fsp3) is 0.0870. The zero-order valence-electron chi connectivity index (χ0n) is 16.5. The number of thiazole rings is 1. The molecule has 0 aliphatic rings. The van der Waals surface area contributed by atoms with Crippen LogP contribution in [0, 0.1) is 6.92 Å². The van der Waals surface area contributed by atoms with E-state index >= 15 is 0 Å². The van der Waals surface area contributed by atoms with Gasteiger partial charge in [0.25, 0.3) is 5.91 Å². The Morgan fingerprint density at radius 2 is 1.77 bits per heavy atom. The third kappa shape index (κ3) is 5.64. The van der Waals surface area contributed by atoms with Crippen LogP contribution in [0.2, 0.25) is 5.02 Å². The molecule has 2 amide bonds. The molecule has 0 aliphatic carbocycles. The summed E-state index contributed by atoms with van der Waals surface area (Å²) < 4.78 is 1.74. The molecule has 31 heavy (non-hydrogen) atoms. The molecule has 4 rings (SSSR count). The van der Waals surface area contributed by atoms with Gasteiger partial charge >= 0.3 is 0 Å². The number of nitrogens with one attached hydrogen (secondary N) is 2. The average molecular weight is 468 g/mol. The maximum absolute atomic E-state index is 12.5. The van der Waals surface area contributed by atoms with Crippen molar-refractivity contribution in [3.8, 4) is 0 Å². The zero-order valence-corrected chi connectivity index (χ0v) is 18.9. The van der Waals surface area contributed by atoms with Crippen LogP contribution in [0.1, 0.15) is 15.9 Å². The lowest BCUT2D eigenvalue weighted by Crippen LogP contribution is -2.13. The second-order valence-electron chi connectivity index (χ2n) is 6.83. The van der Waals surface area contributed by atoms with Gasteiger partial charge in [-0.15, -0.1) is 11.3 Å². The molecule has 156 valence electrons. The molecule has 0 bridgehead atoms. The van der Waals surface area contributed by atoms with E-state index in [9.17, 15) is 9.59 Å². The summed E-state index contributed by atoms with van der Waals surface area (Å²) in [6.07, 6.45) is 0. The third-order valence-corrected chi connectivity index (χ3v) is 6.77. The molecule has 0 fully saturated rings. The van der Waals surface area contributed by atoms with Crippen molar-refractivity contribution in [2.75, 3.05) is 16.4 Å². The van der Waals surface area contributed by atoms with Gasteiger partial charge in [-0.2, -0.15) is 0 Å². The number of aromatic nitrogens is 1. The molecule has 3 aromatic carbocycles. The number of benzene rings is 3. The molecule has 2 N–H and O–H groups in total. The monoisotopic (exact) mass is 467 g/mol. The highest BCUT2D eigenvalue weighted by atomic mass is 35.5. The second kappa shape index (κ2) is 9.51. The lowest BCUT2D eigenvalue weighted by molar-refractivity contribution is -0.113. The Kier molecular flexibility index (Phi) is 6.56. The predicted octanol–water partition coefficient (Wildman–Crippen LogP) is 6.24. The van der Waals surface area contributed by atoms with E-state index in [4.69, 9.17) is 11.6 Å². The number of carbonyl (C=O) groups is 2. The molecule has 4 aromatic rings. The fourth-order valence-corrected chi connectivity index (χ4v) is 4.92. The standard InChI is InChI=1S/C23H18ClN3O2S2/c1-14-3-2-4-15(11-14)22(29)26-18-9-10-19-20(12-18)31-23(27-19)30-13-21(28)25-17-7-5-16(24)6-8-17/h2-12H,13H2,1H3,(H,25,28)(H,26,29). The average Bonchev–Trinajstić information content (AvgIpc) is 3.16. The van der Waals surface area contributed by atoms with Gasteiger partial charge in [0.1, 0.15) is 0 Å². The minimum Gasteiger partial charge on any atom is -0.325 e. The zero-order chi connectivity index (χ0) is 21.8. The quantitative estimate of drug-likeness (QED) is 0.329. The van der Waals surface area contributed by atoms with Gasteiger partial charge in [0.05, 0.1) is 16.0 Å². The van der Waals surface area contributed by atoms with Gasteiger partial charge in [0.15, 0.2) is 4.34 Å². The number of halogens is 1. The molecule has 0 spiro atoms. The van der Waals surface area contributed by atoms with Gasteiger partial charge in [-0.1, -0.05) is 41.1 Å². The first-order valence-corrected chi connectivity index (χ1v) is 11.6. The first kappa shape index (κ1) is 21.4. The van der Waals surface area contributed by atoms with Crippen LogP contribution >= 0.6 is 34.7 Å². The Labute approximate surface area is 192 Å². The normalized spacial score (nSPS) is 10.8. The molecule has 0 atom stereocenters. The number of anilines is 2. The molecule has 0 saturated heterocycles. The molecule has 0 unspecified atom stereocenters. The number of aryl methyl sites for hydroxylation is 1. The highest BCUT2D eigenvalue weighted by Crippen LogP contribution is 2.31. The van der Waals surface area contributed by atoms with Gasteiger partial charge in [-0.05, 0) is 61.5 Å². The summed E-state index contributed by atoms with van der Waals surface area (Å²) in [4.78, 5) is 29.2. The molecular weight excluding hydrogens is 450 g/mol. The minimum absolute atomic E-state index is 0.113. The van der Waals surface area contributed by atoms with Crippen LogP contribution in [-0.2, 0) is 4.79 Å². The van der Waals surface area contributed by atoms with Crippen molar-refractivity contribution in [3.05, 3.63) is 82.9 Å². The van der Waals surface area contributed by atoms with E-state index in [2.05, 4.69) is 15.6 Å². The Morgan fingerprint density at radius 3 is 2.55 bits per heavy atom. The van der Waals surface area contributed by atoms with E-state index in [0.29, 0.717) is 22.0 Å². The highest BCUT2D eigenvalue weighted by molar-refractivity contribution is 8.01. The Morgan fingerprint density at radius 1 is 1.00 bits per heavy atom. The molecule has 1 heterocycles. The Bertz CT molecular complexity index is 1260. The van der Waals surface area contributed by atoms with E-state index in [-0.39, 0.29) is 17.6 Å². The van der Waals surface area contributed by atoms with Crippen molar-refractivity contribution in [2.24, 2.45) is 0 Å². The first-order chi connectivity index (χ1) is 15.0. The lowest BCUT2D eigenvalue weighted by Gasteiger charge is -2.05. The van der Waals surface area contributed by atoms with Gasteiger partial charge in [0.2, 0.25) is 5.91 Å². The smallest absolute Gasteiger partial charge is 0.255 e. The largest absolute Gasteiger partial charge is 0.325 e. The van der Waals surface area contributed by atoms with Crippen LogP contribution in [0.4, 0.5) is 11.4 Å². The molecule has 0 aliphatic heterocycles. The van der Waals surface area contributed by atoms with Gasteiger partial charge in [-0.3, -0.25) is 9.59 Å². The van der Waals surface area contributed by atoms with Crippen LogP contribution in [-0.4, -0.2) is 22.6 Å². The van der Waals surface area contributed by atoms with Crippen molar-refractivity contribution < 1.29 is 9.59 Å². The van der Waals surface area contributed by atoms with Crippen molar-refractivity contribution in [2.45, 2.75) is 11.3 Å². The Hall–Kier alpha value is -2.87. The number of carbonyl (C=O) groups excluding carboxylic acids is 2. The van der Waals surface area contributed by atoms with Crippen LogP contribution in [0.15, 0.2) is 71.1 Å². The van der Waals surface area contributed by atoms with E-state index in [1.807, 2.05) is 43.3 Å². The topological polar surface area (TPSA) is 71.1 Å². The lowest BCUT2D eigenvalue weighted by atomic mass is 10.1. The highest BCUT2D eigenvalue weighted by Gasteiger charge is 2.11. The SMILES string of the molecule is Cc1cccc(C(=O)Nc2ccc3nc(SCC(=O)Nc4ccc(Cl)cc4)sc3c2)c1. The predicted molar refractivity (Wildman–Crippen MR) is 130 cm³/mol. The summed E-state index contributed by atoms with van der Waals surface area (Å²) in [5.41, 5.74) is 3.90. The first-order valence-electron chi connectivity index (χ1n) is 9.43. The van der Waals surface area contributed by atoms with Crippen LogP contribution in [0.3, 0.4) is 0 Å². The Balaban J connectivity index is 1.38. The van der Waals surface area contributed by atoms with E-state index < -0.39 is 0 Å². The molecule has 1 aromatic heterocycles. The summed E-state index contributed by atoms with van der Waals surface area (Å²) in [7, 11) is 0. The number of amides is 2. The van der Waals surface area contributed by atoms with E-state index in [1.54, 1.807) is 30.3 Å². The van der Waals surface area contributed by atoms with Crippen LogP contribution in [0.5, 0.6) is 0 Å². The third-order valence-electron chi connectivity index (χ3n) is 4.36. The molecule has 0 saturated carbocycles. The number of thioether (sulfide) groups is 1.